The van der Waals surface area contributed by atoms with Gasteiger partial charge in [0.25, 0.3) is 0 Å². The molecular formula is C16H33NO. The summed E-state index contributed by atoms with van der Waals surface area (Å²) < 4.78 is 5.57. The molecule has 1 aliphatic carbocycles. The molecule has 2 heteroatoms. The average molecular weight is 255 g/mol. The molecule has 0 aromatic carbocycles. The smallest absolute Gasteiger partial charge is 0.0478 e. The van der Waals surface area contributed by atoms with Crippen molar-refractivity contribution in [1.82, 2.24) is 5.32 Å². The second-order valence-electron chi connectivity index (χ2n) is 5.78. The van der Waals surface area contributed by atoms with Crippen LogP contribution in [-0.4, -0.2) is 25.8 Å². The summed E-state index contributed by atoms with van der Waals surface area (Å²) in [4.78, 5) is 0. The Kier molecular flexibility index (Phi) is 9.59. The first-order chi connectivity index (χ1) is 8.86. The van der Waals surface area contributed by atoms with Crippen molar-refractivity contribution in [3.63, 3.8) is 0 Å². The second-order valence-corrected chi connectivity index (χ2v) is 5.78. The van der Waals surface area contributed by atoms with Gasteiger partial charge in [-0.25, -0.2) is 0 Å². The zero-order valence-corrected chi connectivity index (χ0v) is 12.5. The van der Waals surface area contributed by atoms with E-state index in [9.17, 15) is 0 Å². The van der Waals surface area contributed by atoms with Crippen LogP contribution in [0.3, 0.4) is 0 Å². The molecule has 0 bridgehead atoms. The highest BCUT2D eigenvalue weighted by Gasteiger charge is 2.19. The molecule has 0 heterocycles. The number of hydrogen-bond donors (Lipinski definition) is 1. The van der Waals surface area contributed by atoms with Crippen molar-refractivity contribution in [2.45, 2.75) is 77.7 Å². The van der Waals surface area contributed by atoms with Crippen LogP contribution in [0.15, 0.2) is 0 Å². The molecule has 1 N–H and O–H groups in total. The molecule has 108 valence electrons. The van der Waals surface area contributed by atoms with Gasteiger partial charge >= 0.3 is 0 Å². The van der Waals surface area contributed by atoms with Crippen molar-refractivity contribution in [3.8, 4) is 0 Å². The van der Waals surface area contributed by atoms with Gasteiger partial charge in [-0.1, -0.05) is 33.1 Å². The molecule has 0 amide bonds. The molecule has 0 unspecified atom stereocenters. The summed E-state index contributed by atoms with van der Waals surface area (Å²) in [6, 6.07) is 0.786. The maximum Gasteiger partial charge on any atom is 0.0478 e. The van der Waals surface area contributed by atoms with Gasteiger partial charge in [0.1, 0.15) is 0 Å². The van der Waals surface area contributed by atoms with E-state index in [1.165, 1.54) is 57.8 Å². The fourth-order valence-electron chi connectivity index (χ4n) is 2.89. The topological polar surface area (TPSA) is 21.3 Å². The van der Waals surface area contributed by atoms with E-state index in [4.69, 9.17) is 4.74 Å². The molecule has 0 aromatic heterocycles. The summed E-state index contributed by atoms with van der Waals surface area (Å²) in [6.07, 6.45) is 12.1. The minimum absolute atomic E-state index is 0.786. The summed E-state index contributed by atoms with van der Waals surface area (Å²) in [7, 11) is 0. The van der Waals surface area contributed by atoms with Gasteiger partial charge < -0.3 is 10.1 Å². The van der Waals surface area contributed by atoms with Gasteiger partial charge in [0, 0.05) is 19.3 Å². The van der Waals surface area contributed by atoms with Gasteiger partial charge in [0.15, 0.2) is 0 Å². The highest BCUT2D eigenvalue weighted by Crippen LogP contribution is 2.27. The molecular weight excluding hydrogens is 222 g/mol. The molecule has 1 fully saturated rings. The Bertz CT molecular complexity index is 176. The zero-order chi connectivity index (χ0) is 13.1. The number of hydrogen-bond acceptors (Lipinski definition) is 2. The molecule has 0 saturated heterocycles. The maximum absolute atomic E-state index is 5.57. The molecule has 0 atom stereocenters. The zero-order valence-electron chi connectivity index (χ0n) is 12.5. The summed E-state index contributed by atoms with van der Waals surface area (Å²) in [6.45, 7) is 7.52. The fourth-order valence-corrected chi connectivity index (χ4v) is 2.89. The molecule has 0 aromatic rings. The van der Waals surface area contributed by atoms with Crippen molar-refractivity contribution in [1.29, 1.82) is 0 Å². The van der Waals surface area contributed by atoms with Crippen molar-refractivity contribution in [3.05, 3.63) is 0 Å². The van der Waals surface area contributed by atoms with Crippen molar-refractivity contribution >= 4 is 0 Å². The van der Waals surface area contributed by atoms with Crippen molar-refractivity contribution in [2.24, 2.45) is 5.92 Å². The lowest BCUT2D eigenvalue weighted by Gasteiger charge is -2.29. The number of nitrogens with one attached hydrogen (secondary N) is 1. The Morgan fingerprint density at radius 3 is 2.33 bits per heavy atom. The predicted molar refractivity (Wildman–Crippen MR) is 79.0 cm³/mol. The van der Waals surface area contributed by atoms with Crippen molar-refractivity contribution in [2.75, 3.05) is 19.8 Å². The fraction of sp³-hybridized carbons (Fsp3) is 1.00. The van der Waals surface area contributed by atoms with E-state index < -0.39 is 0 Å². The third kappa shape index (κ3) is 7.38. The minimum atomic E-state index is 0.786. The monoisotopic (exact) mass is 255 g/mol. The molecule has 1 rings (SSSR count). The van der Waals surface area contributed by atoms with E-state index in [0.29, 0.717) is 0 Å². The Morgan fingerprint density at radius 1 is 0.944 bits per heavy atom. The largest absolute Gasteiger partial charge is 0.381 e. The van der Waals surface area contributed by atoms with Crippen LogP contribution >= 0.6 is 0 Å². The standard InChI is InChI=1S/C16H33NO/c1-3-5-13-18-14-6-12-17-16-10-8-15(7-4-2)9-11-16/h15-17H,3-14H2,1-2H3. The lowest BCUT2D eigenvalue weighted by molar-refractivity contribution is 0.127. The first-order valence-corrected chi connectivity index (χ1v) is 8.18. The van der Waals surface area contributed by atoms with E-state index >= 15 is 0 Å². The summed E-state index contributed by atoms with van der Waals surface area (Å²) in [5.41, 5.74) is 0. The van der Waals surface area contributed by atoms with Crippen LogP contribution in [0.2, 0.25) is 0 Å². The van der Waals surface area contributed by atoms with Gasteiger partial charge in [-0.15, -0.1) is 0 Å². The van der Waals surface area contributed by atoms with Crippen LogP contribution in [0.5, 0.6) is 0 Å². The third-order valence-corrected chi connectivity index (χ3v) is 4.08. The molecule has 1 saturated carbocycles. The number of rotatable bonds is 10. The van der Waals surface area contributed by atoms with Crippen LogP contribution in [0.1, 0.15) is 71.6 Å². The van der Waals surface area contributed by atoms with Crippen molar-refractivity contribution < 1.29 is 4.74 Å². The minimum Gasteiger partial charge on any atom is -0.381 e. The van der Waals surface area contributed by atoms with Gasteiger partial charge in [0.05, 0.1) is 0 Å². The molecule has 0 spiro atoms. The normalized spacial score (nSPS) is 24.3. The molecule has 0 aliphatic heterocycles. The first-order valence-electron chi connectivity index (χ1n) is 8.18. The highest BCUT2D eigenvalue weighted by molar-refractivity contribution is 4.76. The van der Waals surface area contributed by atoms with E-state index in [2.05, 4.69) is 19.2 Å². The van der Waals surface area contributed by atoms with E-state index in [0.717, 1.165) is 31.7 Å². The molecule has 1 aliphatic rings. The first kappa shape index (κ1) is 16.0. The van der Waals surface area contributed by atoms with Crippen LogP contribution in [-0.2, 0) is 4.74 Å². The van der Waals surface area contributed by atoms with Crippen LogP contribution < -0.4 is 5.32 Å². The lowest BCUT2D eigenvalue weighted by atomic mass is 9.83. The van der Waals surface area contributed by atoms with Gasteiger partial charge in [-0.3, -0.25) is 0 Å². The Hall–Kier alpha value is -0.0800. The number of ether oxygens (including phenoxy) is 1. The lowest BCUT2D eigenvalue weighted by Crippen LogP contribution is -2.34. The predicted octanol–water partition coefficient (Wildman–Crippen LogP) is 4.14. The van der Waals surface area contributed by atoms with E-state index in [-0.39, 0.29) is 0 Å². The van der Waals surface area contributed by atoms with E-state index in [1.807, 2.05) is 0 Å². The van der Waals surface area contributed by atoms with Crippen LogP contribution in [0.25, 0.3) is 0 Å². The third-order valence-electron chi connectivity index (χ3n) is 4.08. The molecule has 2 nitrogen and oxygen atoms in total. The van der Waals surface area contributed by atoms with Gasteiger partial charge in [0.2, 0.25) is 0 Å². The quantitative estimate of drug-likeness (QED) is 0.592. The summed E-state index contributed by atoms with van der Waals surface area (Å²) >= 11 is 0. The molecule has 18 heavy (non-hydrogen) atoms. The van der Waals surface area contributed by atoms with Crippen LogP contribution in [0.4, 0.5) is 0 Å². The molecule has 0 radical (unpaired) electrons. The maximum atomic E-state index is 5.57. The average Bonchev–Trinajstić information content (AvgIpc) is 2.40. The summed E-state index contributed by atoms with van der Waals surface area (Å²) in [5.74, 6) is 1.02. The van der Waals surface area contributed by atoms with Crippen LogP contribution in [0, 0.1) is 5.92 Å². The second kappa shape index (κ2) is 10.8. The summed E-state index contributed by atoms with van der Waals surface area (Å²) in [5, 5.41) is 3.70. The van der Waals surface area contributed by atoms with Gasteiger partial charge in [-0.2, -0.15) is 0 Å². The SMILES string of the molecule is CCCCOCCCNC1CCC(CCC)CC1. The van der Waals surface area contributed by atoms with Gasteiger partial charge in [-0.05, 0) is 51.0 Å². The number of unbranched alkanes of at least 4 members (excludes halogenated alkanes) is 1. The van der Waals surface area contributed by atoms with E-state index in [1.54, 1.807) is 0 Å². The Labute approximate surface area is 114 Å². The highest BCUT2D eigenvalue weighted by atomic mass is 16.5. The Morgan fingerprint density at radius 2 is 1.67 bits per heavy atom. The Balaban J connectivity index is 1.88.